The van der Waals surface area contributed by atoms with E-state index >= 15 is 0 Å². The number of hydrogen-bond donors (Lipinski definition) is 0. The molecule has 0 radical (unpaired) electrons. The van der Waals surface area contributed by atoms with Gasteiger partial charge in [0.1, 0.15) is 4.90 Å². The van der Waals surface area contributed by atoms with E-state index in [0.29, 0.717) is 0 Å². The number of benzene rings is 1. The third-order valence-corrected chi connectivity index (χ3v) is 7.20. The molecule has 0 unspecified atom stereocenters. The van der Waals surface area contributed by atoms with Gasteiger partial charge in [-0.05, 0) is 12.1 Å². The molecule has 0 saturated carbocycles. The SMILES string of the molecule is Cn1cc([C@@H]2CN(S(=O)(=O)c3ccccc3S(C)(=O)=O)CCO2)cn1. The fourth-order valence-corrected chi connectivity index (χ4v) is 5.79. The zero-order valence-electron chi connectivity index (χ0n) is 13.9. The summed E-state index contributed by atoms with van der Waals surface area (Å²) in [4.78, 5) is -0.399. The molecule has 0 bridgehead atoms. The molecule has 8 nitrogen and oxygen atoms in total. The highest BCUT2D eigenvalue weighted by atomic mass is 32.2. The molecular formula is C15H19N3O5S2. The van der Waals surface area contributed by atoms with Gasteiger partial charge in [-0.1, -0.05) is 12.1 Å². The molecule has 1 aromatic carbocycles. The van der Waals surface area contributed by atoms with Gasteiger partial charge in [0.25, 0.3) is 0 Å². The first-order valence-corrected chi connectivity index (χ1v) is 10.9. The van der Waals surface area contributed by atoms with Gasteiger partial charge in [-0.15, -0.1) is 0 Å². The van der Waals surface area contributed by atoms with Crippen LogP contribution in [-0.2, 0) is 31.6 Å². The lowest BCUT2D eigenvalue weighted by atomic mass is 10.2. The first-order valence-electron chi connectivity index (χ1n) is 7.59. The molecule has 1 aliphatic rings. The number of hydrogen-bond acceptors (Lipinski definition) is 6. The third-order valence-electron chi connectivity index (χ3n) is 3.99. The Kier molecular flexibility index (Phi) is 4.71. The molecule has 3 rings (SSSR count). The van der Waals surface area contributed by atoms with Crippen LogP contribution in [0.5, 0.6) is 0 Å². The summed E-state index contributed by atoms with van der Waals surface area (Å²) in [6, 6.07) is 5.65. The number of sulfone groups is 1. The summed E-state index contributed by atoms with van der Waals surface area (Å²) in [7, 11) is -5.86. The van der Waals surface area contributed by atoms with E-state index in [1.165, 1.54) is 28.6 Å². The Morgan fingerprint density at radius 2 is 1.84 bits per heavy atom. The van der Waals surface area contributed by atoms with Gasteiger partial charge >= 0.3 is 0 Å². The van der Waals surface area contributed by atoms with Crippen molar-refractivity contribution in [3.05, 3.63) is 42.2 Å². The molecule has 1 aromatic heterocycles. The largest absolute Gasteiger partial charge is 0.371 e. The lowest BCUT2D eigenvalue weighted by molar-refractivity contribution is -0.00263. The van der Waals surface area contributed by atoms with Gasteiger partial charge in [-0.2, -0.15) is 9.40 Å². The summed E-state index contributed by atoms with van der Waals surface area (Å²) < 4.78 is 58.5. The van der Waals surface area contributed by atoms with Crippen LogP contribution < -0.4 is 0 Å². The van der Waals surface area contributed by atoms with Gasteiger partial charge in [0.15, 0.2) is 9.84 Å². The lowest BCUT2D eigenvalue weighted by Gasteiger charge is -2.32. The predicted molar refractivity (Wildman–Crippen MR) is 90.2 cm³/mol. The van der Waals surface area contributed by atoms with Gasteiger partial charge in [-0.3, -0.25) is 4.68 Å². The van der Waals surface area contributed by atoms with Crippen LogP contribution in [0.15, 0.2) is 46.5 Å². The van der Waals surface area contributed by atoms with Crippen molar-refractivity contribution in [2.24, 2.45) is 7.05 Å². The molecular weight excluding hydrogens is 366 g/mol. The fraction of sp³-hybridized carbons (Fsp3) is 0.400. The third kappa shape index (κ3) is 3.61. The van der Waals surface area contributed by atoms with Crippen LogP contribution in [0.1, 0.15) is 11.7 Å². The maximum absolute atomic E-state index is 13.0. The van der Waals surface area contributed by atoms with E-state index in [1.54, 1.807) is 24.1 Å². The van der Waals surface area contributed by atoms with Crippen molar-refractivity contribution in [2.45, 2.75) is 15.9 Å². The van der Waals surface area contributed by atoms with Gasteiger partial charge in [0.05, 0.1) is 23.8 Å². The van der Waals surface area contributed by atoms with Crippen molar-refractivity contribution in [3.8, 4) is 0 Å². The van der Waals surface area contributed by atoms with Crippen LogP contribution in [0, 0.1) is 0 Å². The zero-order valence-corrected chi connectivity index (χ0v) is 15.5. The van der Waals surface area contributed by atoms with E-state index in [0.717, 1.165) is 11.8 Å². The summed E-state index contributed by atoms with van der Waals surface area (Å²) in [5.41, 5.74) is 0.777. The van der Waals surface area contributed by atoms with Crippen molar-refractivity contribution in [3.63, 3.8) is 0 Å². The molecule has 136 valence electrons. The van der Waals surface area contributed by atoms with Gasteiger partial charge in [0, 0.05) is 38.2 Å². The minimum Gasteiger partial charge on any atom is -0.371 e. The maximum atomic E-state index is 13.0. The van der Waals surface area contributed by atoms with Gasteiger partial charge in [0.2, 0.25) is 10.0 Å². The quantitative estimate of drug-likeness (QED) is 0.764. The minimum atomic E-state index is -3.96. The Bertz CT molecular complexity index is 982. The van der Waals surface area contributed by atoms with E-state index in [1.807, 2.05) is 0 Å². The standard InChI is InChI=1S/C15H19N3O5S2/c1-17-10-12(9-16-17)13-11-18(7-8-23-13)25(21,22)15-6-4-3-5-14(15)24(2,19)20/h3-6,9-10,13H,7-8,11H2,1-2H3/t13-/m0/s1. The van der Waals surface area contributed by atoms with Crippen molar-refractivity contribution >= 4 is 19.9 Å². The van der Waals surface area contributed by atoms with Crippen molar-refractivity contribution < 1.29 is 21.6 Å². The molecule has 1 saturated heterocycles. The molecule has 0 aliphatic carbocycles. The first-order chi connectivity index (χ1) is 11.7. The predicted octanol–water partition coefficient (Wildman–Crippen LogP) is 0.586. The second kappa shape index (κ2) is 6.52. The molecule has 1 aliphatic heterocycles. The maximum Gasteiger partial charge on any atom is 0.244 e. The number of morpholine rings is 1. The molecule has 2 aromatic rings. The summed E-state index contributed by atoms with van der Waals surface area (Å²) in [6.07, 6.45) is 3.96. The van der Waals surface area contributed by atoms with E-state index in [9.17, 15) is 16.8 Å². The Balaban J connectivity index is 1.95. The second-order valence-corrected chi connectivity index (χ2v) is 9.78. The molecule has 2 heterocycles. The second-order valence-electron chi connectivity index (χ2n) is 5.89. The Labute approximate surface area is 147 Å². The highest BCUT2D eigenvalue weighted by molar-refractivity contribution is 7.93. The van der Waals surface area contributed by atoms with Gasteiger partial charge < -0.3 is 4.74 Å². The van der Waals surface area contributed by atoms with Crippen LogP contribution in [0.2, 0.25) is 0 Å². The molecule has 0 spiro atoms. The number of rotatable bonds is 4. The number of sulfonamides is 1. The summed E-state index contributed by atoms with van der Waals surface area (Å²) in [6.45, 7) is 0.489. The highest BCUT2D eigenvalue weighted by Gasteiger charge is 2.34. The topological polar surface area (TPSA) is 98.6 Å². The van der Waals surface area contributed by atoms with Crippen molar-refractivity contribution in [1.82, 2.24) is 14.1 Å². The lowest BCUT2D eigenvalue weighted by Crippen LogP contribution is -2.42. The summed E-state index contributed by atoms with van der Waals surface area (Å²) in [5, 5.41) is 4.07. The minimum absolute atomic E-state index is 0.103. The van der Waals surface area contributed by atoms with E-state index in [4.69, 9.17) is 4.74 Å². The monoisotopic (exact) mass is 385 g/mol. The number of ether oxygens (including phenoxy) is 1. The van der Waals surface area contributed by atoms with E-state index in [-0.39, 0.29) is 29.5 Å². The average Bonchev–Trinajstić information content (AvgIpc) is 3.01. The Hall–Kier alpha value is -1.75. The number of aryl methyl sites for hydroxylation is 1. The first kappa shape index (κ1) is 18.1. The number of nitrogens with zero attached hydrogens (tertiary/aromatic N) is 3. The molecule has 0 N–H and O–H groups in total. The Morgan fingerprint density at radius 3 is 2.44 bits per heavy atom. The van der Waals surface area contributed by atoms with Crippen molar-refractivity contribution in [1.29, 1.82) is 0 Å². The fourth-order valence-electron chi connectivity index (χ4n) is 2.76. The highest BCUT2D eigenvalue weighted by Crippen LogP contribution is 2.29. The number of aromatic nitrogens is 2. The Morgan fingerprint density at radius 1 is 1.16 bits per heavy atom. The zero-order chi connectivity index (χ0) is 18.2. The molecule has 25 heavy (non-hydrogen) atoms. The smallest absolute Gasteiger partial charge is 0.244 e. The van der Waals surface area contributed by atoms with Crippen molar-refractivity contribution in [2.75, 3.05) is 26.0 Å². The molecule has 1 fully saturated rings. The van der Waals surface area contributed by atoms with Crippen LogP contribution in [0.3, 0.4) is 0 Å². The average molecular weight is 385 g/mol. The normalized spacial score (nSPS) is 19.8. The van der Waals surface area contributed by atoms with Crippen LogP contribution in [0.4, 0.5) is 0 Å². The van der Waals surface area contributed by atoms with Crippen LogP contribution >= 0.6 is 0 Å². The van der Waals surface area contributed by atoms with Crippen LogP contribution in [-0.4, -0.2) is 56.9 Å². The van der Waals surface area contributed by atoms with Crippen LogP contribution in [0.25, 0.3) is 0 Å². The molecule has 1 atom stereocenters. The van der Waals surface area contributed by atoms with Gasteiger partial charge in [-0.25, -0.2) is 16.8 Å². The summed E-state index contributed by atoms with van der Waals surface area (Å²) in [5.74, 6) is 0. The summed E-state index contributed by atoms with van der Waals surface area (Å²) >= 11 is 0. The van der Waals surface area contributed by atoms with E-state index in [2.05, 4.69) is 5.10 Å². The molecule has 10 heteroatoms. The van der Waals surface area contributed by atoms with E-state index < -0.39 is 26.0 Å². The molecule has 0 amide bonds.